The summed E-state index contributed by atoms with van der Waals surface area (Å²) in [5, 5.41) is 3.11. The van der Waals surface area contributed by atoms with Crippen molar-refractivity contribution in [3.63, 3.8) is 0 Å². The van der Waals surface area contributed by atoms with E-state index < -0.39 is 11.8 Å². The number of nitrogens with zero attached hydrogens (tertiary/aromatic N) is 1. The van der Waals surface area contributed by atoms with Crippen LogP contribution in [0.15, 0.2) is 78.5 Å². The monoisotopic (exact) mass is 446 g/mol. The molecule has 1 heterocycles. The maximum Gasteiger partial charge on any atom is 0.278 e. The van der Waals surface area contributed by atoms with Crippen LogP contribution in [-0.4, -0.2) is 30.4 Å². The van der Waals surface area contributed by atoms with Crippen LogP contribution in [0, 0.1) is 5.82 Å². The van der Waals surface area contributed by atoms with Gasteiger partial charge in [-0.1, -0.05) is 24.3 Å². The third-order valence-electron chi connectivity index (χ3n) is 5.24. The van der Waals surface area contributed by atoms with Crippen molar-refractivity contribution in [2.24, 2.45) is 0 Å². The highest BCUT2D eigenvalue weighted by Gasteiger charge is 2.39. The molecule has 0 saturated heterocycles. The molecule has 1 N–H and O–H groups in total. The van der Waals surface area contributed by atoms with Gasteiger partial charge in [0.25, 0.3) is 11.8 Å². The fourth-order valence-electron chi connectivity index (χ4n) is 3.58. The zero-order valence-electron chi connectivity index (χ0n) is 18.3. The molecule has 7 heteroatoms. The lowest BCUT2D eigenvalue weighted by Crippen LogP contribution is -2.32. The predicted octanol–water partition coefficient (Wildman–Crippen LogP) is 4.63. The molecule has 33 heavy (non-hydrogen) atoms. The molecular weight excluding hydrogens is 423 g/mol. The molecule has 1 aliphatic rings. The van der Waals surface area contributed by atoms with Crippen molar-refractivity contribution in [2.75, 3.05) is 19.0 Å². The van der Waals surface area contributed by atoms with Gasteiger partial charge in [0.2, 0.25) is 0 Å². The molecule has 0 aromatic heterocycles. The molecule has 0 atom stereocenters. The van der Waals surface area contributed by atoms with Crippen molar-refractivity contribution in [1.29, 1.82) is 0 Å². The average Bonchev–Trinajstić information content (AvgIpc) is 3.06. The lowest BCUT2D eigenvalue weighted by Gasteiger charge is -2.15. The molecule has 168 valence electrons. The first-order valence-electron chi connectivity index (χ1n) is 10.5. The van der Waals surface area contributed by atoms with Crippen molar-refractivity contribution in [1.82, 2.24) is 4.90 Å². The molecule has 0 spiro atoms. The Kier molecular flexibility index (Phi) is 6.40. The Bertz CT molecular complexity index is 1190. The van der Waals surface area contributed by atoms with Crippen molar-refractivity contribution in [2.45, 2.75) is 13.5 Å². The van der Waals surface area contributed by atoms with E-state index in [2.05, 4.69) is 5.32 Å². The molecular formula is C26H23FN2O4. The number of halogens is 1. The van der Waals surface area contributed by atoms with Crippen LogP contribution in [0.1, 0.15) is 18.1 Å². The van der Waals surface area contributed by atoms with Crippen LogP contribution < -0.4 is 14.8 Å². The van der Waals surface area contributed by atoms with Crippen molar-refractivity contribution < 1.29 is 23.5 Å². The standard InChI is InChI=1S/C26H23FN2O4/c1-3-33-22-12-6-18(7-13-22)23-24(28-20-10-14-21(32-2)15-11-20)26(31)29(25(23)30)16-17-4-8-19(27)9-5-17/h4-15,28H,3,16H2,1-2H3. The van der Waals surface area contributed by atoms with Crippen LogP contribution in [-0.2, 0) is 16.1 Å². The highest BCUT2D eigenvalue weighted by Crippen LogP contribution is 2.32. The fraction of sp³-hybridized carbons (Fsp3) is 0.154. The van der Waals surface area contributed by atoms with Crippen LogP contribution in [0.5, 0.6) is 11.5 Å². The van der Waals surface area contributed by atoms with Crippen molar-refractivity contribution >= 4 is 23.1 Å². The molecule has 0 bridgehead atoms. The van der Waals surface area contributed by atoms with E-state index in [-0.39, 0.29) is 23.6 Å². The third-order valence-corrected chi connectivity index (χ3v) is 5.24. The Labute approximate surface area is 191 Å². The van der Waals surface area contributed by atoms with Crippen molar-refractivity contribution in [3.05, 3.63) is 95.4 Å². The van der Waals surface area contributed by atoms with Gasteiger partial charge in [0.05, 0.1) is 25.8 Å². The number of nitrogens with one attached hydrogen (secondary N) is 1. The molecule has 0 unspecified atom stereocenters. The van der Waals surface area contributed by atoms with Gasteiger partial charge in [-0.3, -0.25) is 14.5 Å². The van der Waals surface area contributed by atoms with Crippen LogP contribution in [0.4, 0.5) is 10.1 Å². The zero-order valence-corrected chi connectivity index (χ0v) is 18.3. The smallest absolute Gasteiger partial charge is 0.278 e. The number of amides is 2. The van der Waals surface area contributed by atoms with Crippen LogP contribution in [0.2, 0.25) is 0 Å². The molecule has 0 radical (unpaired) electrons. The Balaban J connectivity index is 1.70. The van der Waals surface area contributed by atoms with Gasteiger partial charge in [0, 0.05) is 5.69 Å². The topological polar surface area (TPSA) is 67.9 Å². The molecule has 4 rings (SSSR count). The number of rotatable bonds is 8. The second kappa shape index (κ2) is 9.56. The maximum absolute atomic E-state index is 13.4. The lowest BCUT2D eigenvalue weighted by molar-refractivity contribution is -0.137. The van der Waals surface area contributed by atoms with Crippen LogP contribution in [0.25, 0.3) is 5.57 Å². The molecule has 1 aliphatic heterocycles. The SMILES string of the molecule is CCOc1ccc(C2=C(Nc3ccc(OC)cc3)C(=O)N(Cc3ccc(F)cc3)C2=O)cc1. The average molecular weight is 446 g/mol. The Morgan fingerprint density at radius 2 is 1.48 bits per heavy atom. The third kappa shape index (κ3) is 4.72. The number of benzene rings is 3. The summed E-state index contributed by atoms with van der Waals surface area (Å²) in [4.78, 5) is 27.9. The zero-order chi connectivity index (χ0) is 23.4. The molecule has 6 nitrogen and oxygen atoms in total. The number of methoxy groups -OCH3 is 1. The quantitative estimate of drug-likeness (QED) is 0.511. The van der Waals surface area contributed by atoms with E-state index >= 15 is 0 Å². The first-order chi connectivity index (χ1) is 16.0. The Morgan fingerprint density at radius 3 is 2.09 bits per heavy atom. The van der Waals surface area contributed by atoms with Gasteiger partial charge in [-0.25, -0.2) is 4.39 Å². The van der Waals surface area contributed by atoms with Gasteiger partial charge in [0.15, 0.2) is 0 Å². The summed E-state index contributed by atoms with van der Waals surface area (Å²) in [7, 11) is 1.57. The van der Waals surface area contributed by atoms with Gasteiger partial charge in [-0.15, -0.1) is 0 Å². The fourth-order valence-corrected chi connectivity index (χ4v) is 3.58. The van der Waals surface area contributed by atoms with E-state index in [0.717, 1.165) is 4.90 Å². The van der Waals surface area contributed by atoms with Gasteiger partial charge in [0.1, 0.15) is 23.0 Å². The molecule has 0 fully saturated rings. The second-order valence-corrected chi connectivity index (χ2v) is 7.38. The van der Waals surface area contributed by atoms with Crippen LogP contribution >= 0.6 is 0 Å². The molecule has 0 aliphatic carbocycles. The van der Waals surface area contributed by atoms with E-state index in [0.29, 0.717) is 34.9 Å². The minimum Gasteiger partial charge on any atom is -0.497 e. The summed E-state index contributed by atoms with van der Waals surface area (Å²) in [5.74, 6) is 0.0842. The summed E-state index contributed by atoms with van der Waals surface area (Å²) >= 11 is 0. The van der Waals surface area contributed by atoms with E-state index in [1.54, 1.807) is 67.8 Å². The van der Waals surface area contributed by atoms with Gasteiger partial charge < -0.3 is 14.8 Å². The van der Waals surface area contributed by atoms with Crippen molar-refractivity contribution in [3.8, 4) is 11.5 Å². The minimum atomic E-state index is -0.455. The second-order valence-electron chi connectivity index (χ2n) is 7.38. The minimum absolute atomic E-state index is 0.0340. The lowest BCUT2D eigenvalue weighted by atomic mass is 10.0. The molecule has 3 aromatic carbocycles. The van der Waals surface area contributed by atoms with Crippen LogP contribution in [0.3, 0.4) is 0 Å². The highest BCUT2D eigenvalue weighted by molar-refractivity contribution is 6.36. The number of carbonyl (C=O) groups is 2. The largest absolute Gasteiger partial charge is 0.497 e. The summed E-state index contributed by atoms with van der Waals surface area (Å²) in [6, 6.07) is 19.8. The molecule has 2 amide bonds. The first-order valence-corrected chi connectivity index (χ1v) is 10.5. The number of carbonyl (C=O) groups excluding carboxylic acids is 2. The molecule has 3 aromatic rings. The number of ether oxygens (including phenoxy) is 2. The van der Waals surface area contributed by atoms with Gasteiger partial charge in [-0.2, -0.15) is 0 Å². The summed E-state index contributed by atoms with van der Waals surface area (Å²) in [6.07, 6.45) is 0. The Hall–Kier alpha value is -4.13. The number of imide groups is 1. The summed E-state index contributed by atoms with van der Waals surface area (Å²) in [5.41, 5.74) is 2.32. The normalized spacial score (nSPS) is 13.5. The van der Waals surface area contributed by atoms with Gasteiger partial charge in [-0.05, 0) is 66.6 Å². The summed E-state index contributed by atoms with van der Waals surface area (Å²) in [6.45, 7) is 2.45. The number of hydrogen-bond donors (Lipinski definition) is 1. The number of anilines is 1. The highest BCUT2D eigenvalue weighted by atomic mass is 19.1. The first kappa shape index (κ1) is 22.1. The predicted molar refractivity (Wildman–Crippen MR) is 123 cm³/mol. The maximum atomic E-state index is 13.4. The molecule has 0 saturated carbocycles. The van der Waals surface area contributed by atoms with E-state index in [1.807, 2.05) is 6.92 Å². The number of hydrogen-bond acceptors (Lipinski definition) is 5. The van der Waals surface area contributed by atoms with E-state index in [9.17, 15) is 14.0 Å². The summed E-state index contributed by atoms with van der Waals surface area (Å²) < 4.78 is 24.0. The Morgan fingerprint density at radius 1 is 0.848 bits per heavy atom. The van der Waals surface area contributed by atoms with E-state index in [4.69, 9.17) is 9.47 Å². The van der Waals surface area contributed by atoms with Gasteiger partial charge >= 0.3 is 0 Å². The van der Waals surface area contributed by atoms with E-state index in [1.165, 1.54) is 12.1 Å².